The van der Waals surface area contributed by atoms with Crippen molar-refractivity contribution in [2.45, 2.75) is 7.43 Å². The second-order valence-corrected chi connectivity index (χ2v) is 1.77. The van der Waals surface area contributed by atoms with Crippen LogP contribution in [0.15, 0.2) is 0 Å². The van der Waals surface area contributed by atoms with E-state index in [0.717, 1.165) is 0 Å². The first-order valence-corrected chi connectivity index (χ1v) is 2.94. The molecule has 0 atom stereocenters. The summed E-state index contributed by atoms with van der Waals surface area (Å²) in [4.78, 5) is 9.80. The largest absolute Gasteiger partial charge is 0.369 e. The van der Waals surface area contributed by atoms with Gasteiger partial charge in [-0.3, -0.25) is 4.79 Å². The van der Waals surface area contributed by atoms with Gasteiger partial charge in [-0.05, 0) is 6.26 Å². The lowest BCUT2D eigenvalue weighted by Crippen LogP contribution is -2.12. The SMILES string of the molecule is C.CSCC(N)=O. The molecule has 0 aromatic carbocycles. The molecule has 0 fully saturated rings. The highest BCUT2D eigenvalue weighted by molar-refractivity contribution is 7.99. The van der Waals surface area contributed by atoms with Crippen molar-refractivity contribution in [2.24, 2.45) is 5.73 Å². The molecular formula is C4H11NOS. The van der Waals surface area contributed by atoms with Crippen LogP contribution in [-0.2, 0) is 4.79 Å². The second-order valence-electron chi connectivity index (χ2n) is 0.899. The Labute approximate surface area is 48.5 Å². The summed E-state index contributed by atoms with van der Waals surface area (Å²) >= 11 is 1.44. The van der Waals surface area contributed by atoms with Crippen LogP contribution < -0.4 is 5.73 Å². The summed E-state index contributed by atoms with van der Waals surface area (Å²) in [5, 5.41) is 0. The number of primary amides is 1. The second kappa shape index (κ2) is 5.82. The normalized spacial score (nSPS) is 7.00. The summed E-state index contributed by atoms with van der Waals surface area (Å²) in [5.74, 6) is 0.183. The highest BCUT2D eigenvalue weighted by Crippen LogP contribution is 1.85. The number of amides is 1. The van der Waals surface area contributed by atoms with E-state index in [1.54, 1.807) is 0 Å². The molecule has 0 spiro atoms. The van der Waals surface area contributed by atoms with Crippen molar-refractivity contribution in [1.29, 1.82) is 0 Å². The van der Waals surface area contributed by atoms with E-state index in [-0.39, 0.29) is 13.3 Å². The smallest absolute Gasteiger partial charge is 0.227 e. The molecule has 2 N–H and O–H groups in total. The zero-order valence-corrected chi connectivity index (χ0v) is 4.42. The van der Waals surface area contributed by atoms with Gasteiger partial charge in [0.15, 0.2) is 0 Å². The molecule has 0 aromatic rings. The number of rotatable bonds is 2. The maximum absolute atomic E-state index is 9.80. The van der Waals surface area contributed by atoms with Gasteiger partial charge < -0.3 is 5.73 Å². The average molecular weight is 121 g/mol. The number of thioether (sulfide) groups is 1. The average Bonchev–Trinajstić information content (AvgIpc) is 1.35. The van der Waals surface area contributed by atoms with Gasteiger partial charge in [0.05, 0.1) is 5.75 Å². The molecule has 0 bridgehead atoms. The number of carbonyl (C=O) groups excluding carboxylic acids is 1. The van der Waals surface area contributed by atoms with Crippen LogP contribution in [0.2, 0.25) is 0 Å². The molecule has 7 heavy (non-hydrogen) atoms. The molecule has 0 saturated carbocycles. The van der Waals surface area contributed by atoms with Gasteiger partial charge in [-0.1, -0.05) is 7.43 Å². The van der Waals surface area contributed by atoms with Crippen LogP contribution in [0.4, 0.5) is 0 Å². The van der Waals surface area contributed by atoms with E-state index in [4.69, 9.17) is 5.73 Å². The molecule has 0 heterocycles. The van der Waals surface area contributed by atoms with Crippen molar-refractivity contribution in [3.05, 3.63) is 0 Å². The topological polar surface area (TPSA) is 43.1 Å². The molecule has 0 aliphatic rings. The fraction of sp³-hybridized carbons (Fsp3) is 0.750. The van der Waals surface area contributed by atoms with E-state index in [1.165, 1.54) is 11.8 Å². The Bertz CT molecular complexity index is 55.7. The minimum absolute atomic E-state index is 0. The minimum Gasteiger partial charge on any atom is -0.369 e. The Kier molecular flexibility index (Phi) is 8.27. The predicted octanol–water partition coefficient (Wildman–Crippen LogP) is 0.471. The van der Waals surface area contributed by atoms with E-state index in [9.17, 15) is 4.79 Å². The van der Waals surface area contributed by atoms with Crippen molar-refractivity contribution in [1.82, 2.24) is 0 Å². The Balaban J connectivity index is 0. The van der Waals surface area contributed by atoms with E-state index in [0.29, 0.717) is 5.75 Å². The molecule has 3 heteroatoms. The highest BCUT2D eigenvalue weighted by atomic mass is 32.2. The van der Waals surface area contributed by atoms with Crippen LogP contribution in [0.5, 0.6) is 0 Å². The van der Waals surface area contributed by atoms with Gasteiger partial charge in [0.1, 0.15) is 0 Å². The molecule has 1 amide bonds. The molecule has 0 aliphatic carbocycles. The summed E-state index contributed by atoms with van der Waals surface area (Å²) in [5.41, 5.74) is 4.74. The van der Waals surface area contributed by atoms with Gasteiger partial charge in [-0.25, -0.2) is 0 Å². The number of nitrogens with two attached hydrogens (primary N) is 1. The number of hydrogen-bond acceptors (Lipinski definition) is 2. The van der Waals surface area contributed by atoms with Crippen molar-refractivity contribution < 1.29 is 4.79 Å². The fourth-order valence-corrected chi connectivity index (χ4v) is 0.427. The number of hydrogen-bond donors (Lipinski definition) is 1. The fourth-order valence-electron chi connectivity index (χ4n) is 0.142. The summed E-state index contributed by atoms with van der Waals surface area (Å²) < 4.78 is 0. The lowest BCUT2D eigenvalue weighted by atomic mass is 10.8. The quantitative estimate of drug-likeness (QED) is 0.577. The van der Waals surface area contributed by atoms with Gasteiger partial charge in [0.2, 0.25) is 5.91 Å². The summed E-state index contributed by atoms with van der Waals surface area (Å²) in [6.07, 6.45) is 1.84. The molecule has 0 unspecified atom stereocenters. The van der Waals surface area contributed by atoms with Gasteiger partial charge in [-0.15, -0.1) is 0 Å². The third kappa shape index (κ3) is 10.7. The standard InChI is InChI=1S/C3H7NOS.CH4/c1-6-2-3(4)5;/h2H2,1H3,(H2,4,5);1H4. The van der Waals surface area contributed by atoms with Crippen molar-refractivity contribution in [3.63, 3.8) is 0 Å². The predicted molar refractivity (Wildman–Crippen MR) is 34.3 cm³/mol. The van der Waals surface area contributed by atoms with Crippen molar-refractivity contribution >= 4 is 17.7 Å². The molecule has 0 rings (SSSR count). The third-order valence-corrected chi connectivity index (χ3v) is 0.860. The molecular weight excluding hydrogens is 110 g/mol. The van der Waals surface area contributed by atoms with E-state index in [2.05, 4.69) is 0 Å². The summed E-state index contributed by atoms with van der Waals surface area (Å²) in [6.45, 7) is 0. The molecule has 0 radical (unpaired) electrons. The third-order valence-electron chi connectivity index (χ3n) is 0.287. The van der Waals surface area contributed by atoms with Crippen LogP contribution in [-0.4, -0.2) is 17.9 Å². The lowest BCUT2D eigenvalue weighted by molar-refractivity contribution is -0.115. The first kappa shape index (κ1) is 9.94. The van der Waals surface area contributed by atoms with Crippen molar-refractivity contribution in [3.8, 4) is 0 Å². The van der Waals surface area contributed by atoms with E-state index >= 15 is 0 Å². The first-order chi connectivity index (χ1) is 2.77. The van der Waals surface area contributed by atoms with Crippen LogP contribution >= 0.6 is 11.8 Å². The first-order valence-electron chi connectivity index (χ1n) is 1.54. The Hall–Kier alpha value is -0.180. The molecule has 2 nitrogen and oxygen atoms in total. The van der Waals surface area contributed by atoms with Crippen molar-refractivity contribution in [2.75, 3.05) is 12.0 Å². The maximum atomic E-state index is 9.80. The monoisotopic (exact) mass is 121 g/mol. The zero-order chi connectivity index (χ0) is 4.99. The maximum Gasteiger partial charge on any atom is 0.227 e. The van der Waals surface area contributed by atoms with Gasteiger partial charge >= 0.3 is 0 Å². The highest BCUT2D eigenvalue weighted by Gasteiger charge is 1.84. The van der Waals surface area contributed by atoms with Gasteiger partial charge in [0, 0.05) is 0 Å². The molecule has 0 aromatic heterocycles. The Morgan fingerprint density at radius 3 is 2.29 bits per heavy atom. The number of carbonyl (C=O) groups is 1. The zero-order valence-electron chi connectivity index (χ0n) is 3.60. The Morgan fingerprint density at radius 1 is 1.86 bits per heavy atom. The molecule has 0 saturated heterocycles. The summed E-state index contributed by atoms with van der Waals surface area (Å²) in [7, 11) is 0. The van der Waals surface area contributed by atoms with E-state index < -0.39 is 0 Å². The van der Waals surface area contributed by atoms with Gasteiger partial charge in [-0.2, -0.15) is 11.8 Å². The minimum atomic E-state index is -0.248. The van der Waals surface area contributed by atoms with E-state index in [1.807, 2.05) is 6.26 Å². The van der Waals surface area contributed by atoms with Crippen LogP contribution in [0.3, 0.4) is 0 Å². The van der Waals surface area contributed by atoms with Crippen LogP contribution in [0, 0.1) is 0 Å². The Morgan fingerprint density at radius 2 is 2.29 bits per heavy atom. The van der Waals surface area contributed by atoms with Gasteiger partial charge in [0.25, 0.3) is 0 Å². The summed E-state index contributed by atoms with van der Waals surface area (Å²) in [6, 6.07) is 0. The van der Waals surface area contributed by atoms with Crippen LogP contribution in [0.25, 0.3) is 0 Å². The molecule has 44 valence electrons. The van der Waals surface area contributed by atoms with Crippen LogP contribution in [0.1, 0.15) is 7.43 Å². The lowest BCUT2D eigenvalue weighted by Gasteiger charge is -1.81. The molecule has 0 aliphatic heterocycles.